The zero-order valence-electron chi connectivity index (χ0n) is 14.4. The van der Waals surface area contributed by atoms with Gasteiger partial charge in [0.05, 0.1) is 14.2 Å². The quantitative estimate of drug-likeness (QED) is 0.865. The predicted molar refractivity (Wildman–Crippen MR) is 95.0 cm³/mol. The highest BCUT2D eigenvalue weighted by molar-refractivity contribution is 7.99. The number of aliphatic carboxylic acids is 1. The minimum atomic E-state index is -0.955. The smallest absolute Gasteiger partial charge is 0.327 e. The minimum Gasteiger partial charge on any atom is -0.497 e. The van der Waals surface area contributed by atoms with Crippen molar-refractivity contribution in [1.29, 1.82) is 0 Å². The number of benzene rings is 1. The van der Waals surface area contributed by atoms with Gasteiger partial charge in [0.1, 0.15) is 22.9 Å². The molecule has 3 rings (SSSR count). The van der Waals surface area contributed by atoms with E-state index in [9.17, 15) is 14.7 Å². The van der Waals surface area contributed by atoms with E-state index < -0.39 is 12.0 Å². The SMILES string of the molecule is COc1ccc(OC)c(C2SCC(C(=O)O)N2C(=O)C2CCCC2)c1. The van der Waals surface area contributed by atoms with Gasteiger partial charge >= 0.3 is 5.97 Å². The van der Waals surface area contributed by atoms with E-state index in [1.807, 2.05) is 6.07 Å². The van der Waals surface area contributed by atoms with E-state index in [2.05, 4.69) is 0 Å². The highest BCUT2D eigenvalue weighted by atomic mass is 32.2. The van der Waals surface area contributed by atoms with E-state index in [1.165, 1.54) is 11.8 Å². The number of methoxy groups -OCH3 is 2. The lowest BCUT2D eigenvalue weighted by Gasteiger charge is -2.30. The number of carbonyl (C=O) groups is 2. The zero-order chi connectivity index (χ0) is 18.0. The molecule has 25 heavy (non-hydrogen) atoms. The van der Waals surface area contributed by atoms with Crippen molar-refractivity contribution in [2.24, 2.45) is 5.92 Å². The monoisotopic (exact) mass is 365 g/mol. The van der Waals surface area contributed by atoms with Crippen LogP contribution >= 0.6 is 11.8 Å². The molecule has 0 aromatic heterocycles. The van der Waals surface area contributed by atoms with E-state index >= 15 is 0 Å². The molecule has 1 heterocycles. The van der Waals surface area contributed by atoms with Crippen molar-refractivity contribution in [3.8, 4) is 11.5 Å². The summed E-state index contributed by atoms with van der Waals surface area (Å²) in [5.41, 5.74) is 0.780. The number of carbonyl (C=O) groups excluding carboxylic acids is 1. The molecule has 0 spiro atoms. The first-order valence-corrected chi connectivity index (χ1v) is 9.50. The number of carboxylic acids is 1. The summed E-state index contributed by atoms with van der Waals surface area (Å²) in [4.78, 5) is 26.4. The van der Waals surface area contributed by atoms with Gasteiger partial charge < -0.3 is 19.5 Å². The average Bonchev–Trinajstić information content (AvgIpc) is 3.30. The number of thioether (sulfide) groups is 1. The second-order valence-electron chi connectivity index (χ2n) is 6.37. The number of amides is 1. The Bertz CT molecular complexity index is 659. The number of rotatable bonds is 5. The Morgan fingerprint density at radius 3 is 2.52 bits per heavy atom. The van der Waals surface area contributed by atoms with Crippen LogP contribution in [0.3, 0.4) is 0 Å². The molecular weight excluding hydrogens is 342 g/mol. The van der Waals surface area contributed by atoms with E-state index in [0.717, 1.165) is 31.2 Å². The molecule has 0 bridgehead atoms. The molecule has 1 saturated carbocycles. The average molecular weight is 365 g/mol. The molecule has 1 aromatic carbocycles. The van der Waals surface area contributed by atoms with Gasteiger partial charge in [-0.1, -0.05) is 12.8 Å². The molecule has 1 saturated heterocycles. The van der Waals surface area contributed by atoms with Crippen molar-refractivity contribution in [2.75, 3.05) is 20.0 Å². The largest absolute Gasteiger partial charge is 0.497 e. The summed E-state index contributed by atoms with van der Waals surface area (Å²) < 4.78 is 10.8. The first kappa shape index (κ1) is 17.9. The molecule has 2 aliphatic rings. The second kappa shape index (κ2) is 7.56. The molecule has 7 heteroatoms. The van der Waals surface area contributed by atoms with Gasteiger partial charge in [0.25, 0.3) is 0 Å². The van der Waals surface area contributed by atoms with Crippen LogP contribution in [-0.4, -0.2) is 47.9 Å². The molecule has 136 valence electrons. The summed E-state index contributed by atoms with van der Waals surface area (Å²) in [6, 6.07) is 4.61. The van der Waals surface area contributed by atoms with Crippen LogP contribution in [0.5, 0.6) is 11.5 Å². The Morgan fingerprint density at radius 2 is 1.92 bits per heavy atom. The van der Waals surface area contributed by atoms with Gasteiger partial charge in [-0.2, -0.15) is 0 Å². The van der Waals surface area contributed by atoms with Crippen LogP contribution < -0.4 is 9.47 Å². The van der Waals surface area contributed by atoms with Crippen LogP contribution in [0, 0.1) is 5.92 Å². The number of hydrogen-bond donors (Lipinski definition) is 1. The lowest BCUT2D eigenvalue weighted by atomic mass is 10.0. The summed E-state index contributed by atoms with van der Waals surface area (Å²) in [5, 5.41) is 9.23. The molecule has 1 amide bonds. The van der Waals surface area contributed by atoms with Crippen molar-refractivity contribution in [2.45, 2.75) is 37.1 Å². The third-order valence-corrected chi connectivity index (χ3v) is 6.25. The summed E-state index contributed by atoms with van der Waals surface area (Å²) in [5.74, 6) is 0.586. The maximum absolute atomic E-state index is 13.1. The van der Waals surface area contributed by atoms with Gasteiger partial charge in [-0.25, -0.2) is 4.79 Å². The number of hydrogen-bond acceptors (Lipinski definition) is 5. The highest BCUT2D eigenvalue weighted by Gasteiger charge is 2.45. The Morgan fingerprint density at radius 1 is 1.20 bits per heavy atom. The van der Waals surface area contributed by atoms with Gasteiger partial charge in [-0.3, -0.25) is 4.79 Å². The molecule has 1 aliphatic carbocycles. The first-order chi connectivity index (χ1) is 12.1. The van der Waals surface area contributed by atoms with E-state index in [4.69, 9.17) is 9.47 Å². The lowest BCUT2D eigenvalue weighted by Crippen LogP contribution is -2.45. The molecule has 1 aliphatic heterocycles. The van der Waals surface area contributed by atoms with Crippen molar-refractivity contribution in [1.82, 2.24) is 4.90 Å². The van der Waals surface area contributed by atoms with Crippen LogP contribution in [0.25, 0.3) is 0 Å². The third-order valence-electron chi connectivity index (χ3n) is 4.95. The van der Waals surface area contributed by atoms with Crippen LogP contribution in [0.15, 0.2) is 18.2 Å². The van der Waals surface area contributed by atoms with Crippen LogP contribution in [0.2, 0.25) is 0 Å². The van der Waals surface area contributed by atoms with Crippen LogP contribution in [0.1, 0.15) is 36.6 Å². The molecule has 2 atom stereocenters. The fourth-order valence-corrected chi connectivity index (χ4v) is 5.06. The number of nitrogens with zero attached hydrogens (tertiary/aromatic N) is 1. The fraction of sp³-hybridized carbons (Fsp3) is 0.556. The normalized spacial score (nSPS) is 23.7. The van der Waals surface area contributed by atoms with Gasteiger partial charge in [0.15, 0.2) is 0 Å². The van der Waals surface area contributed by atoms with Crippen LogP contribution in [0.4, 0.5) is 0 Å². The van der Waals surface area contributed by atoms with Crippen molar-refractivity contribution in [3.63, 3.8) is 0 Å². The lowest BCUT2D eigenvalue weighted by molar-refractivity contribution is -0.151. The van der Waals surface area contributed by atoms with Crippen molar-refractivity contribution in [3.05, 3.63) is 23.8 Å². The third kappa shape index (κ3) is 3.42. The molecule has 1 aromatic rings. The van der Waals surface area contributed by atoms with Crippen molar-refractivity contribution < 1.29 is 24.2 Å². The summed E-state index contributed by atoms with van der Waals surface area (Å²) in [7, 11) is 3.15. The molecule has 6 nitrogen and oxygen atoms in total. The molecule has 1 N–H and O–H groups in total. The van der Waals surface area contributed by atoms with E-state index in [0.29, 0.717) is 17.3 Å². The Labute approximate surface area is 151 Å². The Kier molecular flexibility index (Phi) is 5.42. The zero-order valence-corrected chi connectivity index (χ0v) is 15.3. The van der Waals surface area contributed by atoms with E-state index in [-0.39, 0.29) is 17.2 Å². The molecule has 2 fully saturated rings. The fourth-order valence-electron chi connectivity index (χ4n) is 3.62. The summed E-state index contributed by atoms with van der Waals surface area (Å²) in [6.07, 6.45) is 3.74. The predicted octanol–water partition coefficient (Wildman–Crippen LogP) is 2.92. The molecule has 0 radical (unpaired) electrons. The van der Waals surface area contributed by atoms with Gasteiger partial charge in [-0.15, -0.1) is 11.8 Å². The highest BCUT2D eigenvalue weighted by Crippen LogP contribution is 2.47. The second-order valence-corrected chi connectivity index (χ2v) is 7.49. The first-order valence-electron chi connectivity index (χ1n) is 8.45. The minimum absolute atomic E-state index is 0.0511. The van der Waals surface area contributed by atoms with E-state index in [1.54, 1.807) is 31.3 Å². The molecular formula is C18H23NO5S. The summed E-state index contributed by atoms with van der Waals surface area (Å²) in [6.45, 7) is 0. The van der Waals surface area contributed by atoms with Gasteiger partial charge in [0.2, 0.25) is 5.91 Å². The Balaban J connectivity index is 1.98. The van der Waals surface area contributed by atoms with Crippen molar-refractivity contribution >= 4 is 23.6 Å². The summed E-state index contributed by atoms with van der Waals surface area (Å²) >= 11 is 1.46. The molecule has 2 unspecified atom stereocenters. The maximum atomic E-state index is 13.1. The number of carboxylic acid groups (broad SMARTS) is 1. The van der Waals surface area contributed by atoms with Crippen LogP contribution in [-0.2, 0) is 9.59 Å². The Hall–Kier alpha value is -1.89. The number of ether oxygens (including phenoxy) is 2. The standard InChI is InChI=1S/C18H23NO5S/c1-23-12-7-8-15(24-2)13(9-12)17-19(14(10-25-17)18(21)22)16(20)11-5-3-4-6-11/h7-9,11,14,17H,3-6,10H2,1-2H3,(H,21,22). The maximum Gasteiger partial charge on any atom is 0.327 e. The van der Waals surface area contributed by atoms with Gasteiger partial charge in [0, 0.05) is 17.2 Å². The van der Waals surface area contributed by atoms with Gasteiger partial charge in [-0.05, 0) is 31.0 Å². The topological polar surface area (TPSA) is 76.1 Å².